The van der Waals surface area contributed by atoms with Crippen LogP contribution in [0, 0.1) is 6.92 Å². The standard InChI is InChI=1S/C17H27N3O3/c1-15-3-5-16(6-4-15)23-12-8-19-17(21)18-7-2-9-20-10-13-22-14-11-20/h3-6H,2,7-14H2,1H3,(H2,18,19,21). The quantitative estimate of drug-likeness (QED) is 0.711. The Kier molecular flexibility index (Phi) is 7.69. The van der Waals surface area contributed by atoms with Gasteiger partial charge in [0.15, 0.2) is 0 Å². The predicted octanol–water partition coefficient (Wildman–Crippen LogP) is 1.40. The highest BCUT2D eigenvalue weighted by molar-refractivity contribution is 5.73. The number of rotatable bonds is 8. The third-order valence-corrected chi connectivity index (χ3v) is 3.72. The van der Waals surface area contributed by atoms with Crippen LogP contribution in [-0.2, 0) is 4.74 Å². The fourth-order valence-corrected chi connectivity index (χ4v) is 2.36. The molecule has 0 atom stereocenters. The average molecular weight is 321 g/mol. The number of morpholine rings is 1. The van der Waals surface area contributed by atoms with E-state index in [-0.39, 0.29) is 6.03 Å². The second kappa shape index (κ2) is 10.1. The van der Waals surface area contributed by atoms with Gasteiger partial charge < -0.3 is 20.1 Å². The summed E-state index contributed by atoms with van der Waals surface area (Å²) in [5, 5.41) is 5.66. The van der Waals surface area contributed by atoms with Crippen molar-refractivity contribution in [2.45, 2.75) is 13.3 Å². The van der Waals surface area contributed by atoms with Gasteiger partial charge >= 0.3 is 6.03 Å². The highest BCUT2D eigenvalue weighted by atomic mass is 16.5. The first kappa shape index (κ1) is 17.6. The van der Waals surface area contributed by atoms with E-state index in [9.17, 15) is 4.79 Å². The highest BCUT2D eigenvalue weighted by Gasteiger charge is 2.09. The maximum absolute atomic E-state index is 11.6. The molecule has 23 heavy (non-hydrogen) atoms. The zero-order valence-corrected chi connectivity index (χ0v) is 13.8. The Morgan fingerprint density at radius 1 is 1.17 bits per heavy atom. The molecule has 6 heteroatoms. The predicted molar refractivity (Wildman–Crippen MR) is 90.0 cm³/mol. The Hall–Kier alpha value is -1.79. The molecule has 1 aliphatic rings. The Morgan fingerprint density at radius 2 is 1.87 bits per heavy atom. The Morgan fingerprint density at radius 3 is 2.61 bits per heavy atom. The SMILES string of the molecule is Cc1ccc(OCCNC(=O)NCCCN2CCOCC2)cc1. The molecule has 0 spiro atoms. The van der Waals surface area contributed by atoms with Gasteiger partial charge in [-0.05, 0) is 32.0 Å². The summed E-state index contributed by atoms with van der Waals surface area (Å²) in [6, 6.07) is 7.73. The zero-order chi connectivity index (χ0) is 16.3. The summed E-state index contributed by atoms with van der Waals surface area (Å²) in [6.07, 6.45) is 0.952. The third-order valence-electron chi connectivity index (χ3n) is 3.72. The van der Waals surface area contributed by atoms with Crippen LogP contribution >= 0.6 is 0 Å². The number of carbonyl (C=O) groups is 1. The first-order valence-electron chi connectivity index (χ1n) is 8.25. The molecule has 2 rings (SSSR count). The van der Waals surface area contributed by atoms with Gasteiger partial charge in [-0.15, -0.1) is 0 Å². The van der Waals surface area contributed by atoms with Crippen molar-refractivity contribution in [1.82, 2.24) is 15.5 Å². The van der Waals surface area contributed by atoms with Gasteiger partial charge in [-0.1, -0.05) is 17.7 Å². The molecule has 2 amide bonds. The lowest BCUT2D eigenvalue weighted by Crippen LogP contribution is -2.40. The first-order valence-corrected chi connectivity index (χ1v) is 8.25. The molecule has 1 saturated heterocycles. The van der Waals surface area contributed by atoms with Gasteiger partial charge in [0, 0.05) is 19.6 Å². The molecule has 0 aliphatic carbocycles. The normalized spacial score (nSPS) is 15.2. The molecule has 1 heterocycles. The number of urea groups is 1. The van der Waals surface area contributed by atoms with Gasteiger partial charge in [0.1, 0.15) is 12.4 Å². The van der Waals surface area contributed by atoms with E-state index in [1.54, 1.807) is 0 Å². The van der Waals surface area contributed by atoms with Gasteiger partial charge in [-0.3, -0.25) is 4.90 Å². The maximum Gasteiger partial charge on any atom is 0.314 e. The molecule has 0 saturated carbocycles. The van der Waals surface area contributed by atoms with E-state index in [0.29, 0.717) is 19.7 Å². The van der Waals surface area contributed by atoms with E-state index in [1.807, 2.05) is 31.2 Å². The number of nitrogens with one attached hydrogen (secondary N) is 2. The first-order chi connectivity index (χ1) is 11.2. The molecule has 1 fully saturated rings. The van der Waals surface area contributed by atoms with Crippen LogP contribution in [-0.4, -0.2) is 63.5 Å². The number of carbonyl (C=O) groups excluding carboxylic acids is 1. The summed E-state index contributed by atoms with van der Waals surface area (Å²) in [7, 11) is 0. The van der Waals surface area contributed by atoms with Gasteiger partial charge in [-0.2, -0.15) is 0 Å². The molecular formula is C17H27N3O3. The van der Waals surface area contributed by atoms with E-state index in [4.69, 9.17) is 9.47 Å². The van der Waals surface area contributed by atoms with Crippen molar-refractivity contribution in [3.05, 3.63) is 29.8 Å². The summed E-state index contributed by atoms with van der Waals surface area (Å²) < 4.78 is 10.9. The minimum Gasteiger partial charge on any atom is -0.492 e. The monoisotopic (exact) mass is 321 g/mol. The smallest absolute Gasteiger partial charge is 0.314 e. The van der Waals surface area contributed by atoms with Crippen LogP contribution in [0.4, 0.5) is 4.79 Å². The molecule has 128 valence electrons. The summed E-state index contributed by atoms with van der Waals surface area (Å²) in [5.74, 6) is 0.823. The summed E-state index contributed by atoms with van der Waals surface area (Å²) in [6.45, 7) is 8.28. The van der Waals surface area contributed by atoms with E-state index >= 15 is 0 Å². The number of hydrogen-bond donors (Lipinski definition) is 2. The van der Waals surface area contributed by atoms with E-state index in [0.717, 1.165) is 45.0 Å². The van der Waals surface area contributed by atoms with Crippen molar-refractivity contribution in [3.8, 4) is 5.75 Å². The van der Waals surface area contributed by atoms with Crippen molar-refractivity contribution >= 4 is 6.03 Å². The second-order valence-electron chi connectivity index (χ2n) is 5.65. The molecule has 0 bridgehead atoms. The Balaban J connectivity index is 1.46. The van der Waals surface area contributed by atoms with Gasteiger partial charge in [0.25, 0.3) is 0 Å². The number of ether oxygens (including phenoxy) is 2. The van der Waals surface area contributed by atoms with Crippen LogP contribution in [0.15, 0.2) is 24.3 Å². The van der Waals surface area contributed by atoms with Crippen molar-refractivity contribution in [1.29, 1.82) is 0 Å². The third kappa shape index (κ3) is 7.34. The van der Waals surface area contributed by atoms with Crippen LogP contribution in [0.5, 0.6) is 5.75 Å². The zero-order valence-electron chi connectivity index (χ0n) is 13.8. The molecule has 2 N–H and O–H groups in total. The number of amides is 2. The van der Waals surface area contributed by atoms with E-state index < -0.39 is 0 Å². The van der Waals surface area contributed by atoms with Crippen LogP contribution in [0.25, 0.3) is 0 Å². The molecule has 0 radical (unpaired) electrons. The lowest BCUT2D eigenvalue weighted by molar-refractivity contribution is 0.0375. The Bertz CT molecular complexity index is 459. The molecular weight excluding hydrogens is 294 g/mol. The largest absolute Gasteiger partial charge is 0.492 e. The fraction of sp³-hybridized carbons (Fsp3) is 0.588. The van der Waals surface area contributed by atoms with Gasteiger partial charge in [-0.25, -0.2) is 4.79 Å². The lowest BCUT2D eigenvalue weighted by atomic mass is 10.2. The summed E-state index contributed by atoms with van der Waals surface area (Å²) in [5.41, 5.74) is 1.20. The minimum atomic E-state index is -0.139. The van der Waals surface area contributed by atoms with Crippen LogP contribution in [0.2, 0.25) is 0 Å². The number of aryl methyl sites for hydroxylation is 1. The molecule has 6 nitrogen and oxygen atoms in total. The molecule has 0 aromatic heterocycles. The topological polar surface area (TPSA) is 62.8 Å². The van der Waals surface area contributed by atoms with Crippen molar-refractivity contribution < 1.29 is 14.3 Å². The van der Waals surface area contributed by atoms with E-state index in [1.165, 1.54) is 5.56 Å². The molecule has 0 unspecified atom stereocenters. The van der Waals surface area contributed by atoms with E-state index in [2.05, 4.69) is 15.5 Å². The number of hydrogen-bond acceptors (Lipinski definition) is 4. The average Bonchev–Trinajstić information content (AvgIpc) is 2.58. The Labute approximate surface area is 138 Å². The second-order valence-corrected chi connectivity index (χ2v) is 5.65. The fourth-order valence-electron chi connectivity index (χ4n) is 2.36. The molecule has 1 aromatic rings. The number of benzene rings is 1. The van der Waals surface area contributed by atoms with Gasteiger partial charge in [0.05, 0.1) is 19.8 Å². The highest BCUT2D eigenvalue weighted by Crippen LogP contribution is 2.10. The van der Waals surface area contributed by atoms with Gasteiger partial charge in [0.2, 0.25) is 0 Å². The molecule has 1 aliphatic heterocycles. The summed E-state index contributed by atoms with van der Waals surface area (Å²) >= 11 is 0. The lowest BCUT2D eigenvalue weighted by Gasteiger charge is -2.26. The van der Waals surface area contributed by atoms with Crippen molar-refractivity contribution in [2.24, 2.45) is 0 Å². The van der Waals surface area contributed by atoms with Crippen molar-refractivity contribution in [2.75, 3.05) is 52.5 Å². The summed E-state index contributed by atoms with van der Waals surface area (Å²) in [4.78, 5) is 14.0. The number of nitrogens with zero attached hydrogens (tertiary/aromatic N) is 1. The van der Waals surface area contributed by atoms with Crippen molar-refractivity contribution in [3.63, 3.8) is 0 Å². The maximum atomic E-state index is 11.6. The van der Waals surface area contributed by atoms with Crippen LogP contribution in [0.3, 0.4) is 0 Å². The minimum absolute atomic E-state index is 0.139. The van der Waals surface area contributed by atoms with Crippen LogP contribution in [0.1, 0.15) is 12.0 Å². The molecule has 1 aromatic carbocycles. The van der Waals surface area contributed by atoms with Crippen LogP contribution < -0.4 is 15.4 Å².